The molecule has 14 bridgehead atoms. The number of aromatic hydroxyl groups is 30. The van der Waals surface area contributed by atoms with Gasteiger partial charge in [0.1, 0.15) is 30.4 Å². The van der Waals surface area contributed by atoms with E-state index in [9.17, 15) is 168 Å². The van der Waals surface area contributed by atoms with Gasteiger partial charge in [-0.05, 0) is 30.3 Å². The molecule has 0 radical (unpaired) electrons. The fourth-order valence-electron chi connectivity index (χ4n) is 17.4. The van der Waals surface area contributed by atoms with Crippen molar-refractivity contribution < 1.29 is 254 Å². The summed E-state index contributed by atoms with van der Waals surface area (Å²) in [6.07, 6.45) is -30.2. The summed E-state index contributed by atoms with van der Waals surface area (Å²) in [7, 11) is 0. The summed E-state index contributed by atoms with van der Waals surface area (Å²) >= 11 is 0. The summed E-state index contributed by atoms with van der Waals surface area (Å²) in [5.41, 5.74) is -41.9. The molecule has 9 aliphatic rings. The number of aliphatic hydroxyl groups is 1. The molecule has 0 aliphatic carbocycles. The van der Waals surface area contributed by atoms with Crippen molar-refractivity contribution in [3.05, 3.63) is 103 Å². The second kappa shape index (κ2) is 28.4. The van der Waals surface area contributed by atoms with Gasteiger partial charge in [-0.2, -0.15) is 0 Å². The Balaban J connectivity index is 0.952. The van der Waals surface area contributed by atoms with Crippen molar-refractivity contribution in [3.8, 4) is 239 Å². The maximum atomic E-state index is 16.8. The van der Waals surface area contributed by atoms with Crippen molar-refractivity contribution in [2.75, 3.05) is 13.2 Å². The molecule has 10 atom stereocenters. The Labute approximate surface area is 726 Å². The van der Waals surface area contributed by atoms with Crippen molar-refractivity contribution in [3.63, 3.8) is 0 Å². The van der Waals surface area contributed by atoms with Crippen LogP contribution in [0.4, 0.5) is 0 Å². The van der Waals surface area contributed by atoms with Crippen LogP contribution in [-0.4, -0.2) is 280 Å². The zero-order valence-corrected chi connectivity index (χ0v) is 64.6. The molecule has 10 aromatic carbocycles. The number of cyclic esters (lactones) is 2. The molecule has 51 heteroatoms. The van der Waals surface area contributed by atoms with Crippen LogP contribution in [0.25, 0.3) is 66.8 Å². The molecular formula is C82H50O51. The second-order valence-corrected chi connectivity index (χ2v) is 30.3. The topological polar surface area (TPSA) is 890 Å². The molecule has 9 aliphatic heterocycles. The van der Waals surface area contributed by atoms with Crippen LogP contribution in [0.3, 0.4) is 0 Å². The van der Waals surface area contributed by atoms with Crippen molar-refractivity contribution in [1.82, 2.24) is 0 Å². The Hall–Kier alpha value is -19.1. The summed E-state index contributed by atoms with van der Waals surface area (Å²) in [5.74, 6) is -84.3. The highest BCUT2D eigenvalue weighted by Gasteiger charge is 2.61. The van der Waals surface area contributed by atoms with Crippen LogP contribution in [0.15, 0.2) is 30.3 Å². The van der Waals surface area contributed by atoms with E-state index in [1.807, 2.05) is 0 Å². The van der Waals surface area contributed by atoms with Crippen LogP contribution in [0.2, 0.25) is 0 Å². The van der Waals surface area contributed by atoms with Crippen LogP contribution in [-0.2, 0) is 47.4 Å². The molecule has 684 valence electrons. The van der Waals surface area contributed by atoms with E-state index in [1.165, 1.54) is 0 Å². The summed E-state index contributed by atoms with van der Waals surface area (Å²) in [6, 6.07) is 0.568. The molecule has 0 amide bonds. The van der Waals surface area contributed by atoms with Crippen molar-refractivity contribution in [1.29, 1.82) is 0 Å². The van der Waals surface area contributed by atoms with E-state index in [2.05, 4.69) is 0 Å². The third-order valence-electron chi connectivity index (χ3n) is 23.5. The summed E-state index contributed by atoms with van der Waals surface area (Å²) in [5, 5.41) is 369. The molecule has 0 saturated carbocycles. The van der Waals surface area contributed by atoms with E-state index in [4.69, 9.17) is 47.4 Å². The van der Waals surface area contributed by atoms with Gasteiger partial charge in [-0.15, -0.1) is 0 Å². The maximum absolute atomic E-state index is 16.8. The molecule has 10 unspecified atom stereocenters. The smallest absolute Gasteiger partial charge is 0.342 e. The lowest BCUT2D eigenvalue weighted by Gasteiger charge is -2.43. The maximum Gasteiger partial charge on any atom is 0.342 e. The third kappa shape index (κ3) is 11.3. The average Bonchev–Trinajstić information content (AvgIpc) is 0.937. The van der Waals surface area contributed by atoms with Gasteiger partial charge >= 0.3 is 59.7 Å². The molecule has 0 fully saturated rings. The fourth-order valence-corrected chi connectivity index (χ4v) is 17.4. The molecule has 51 nitrogen and oxygen atoms in total. The van der Waals surface area contributed by atoms with Gasteiger partial charge in [-0.1, -0.05) is 0 Å². The zero-order valence-electron chi connectivity index (χ0n) is 64.6. The first-order chi connectivity index (χ1) is 62.6. The Morgan fingerprint density at radius 2 is 0.429 bits per heavy atom. The molecule has 0 spiro atoms. The SMILES string of the molecule is O=C1OC2COC(=O)c3c(c(O)c(O)c(O)c3C3c4c(O)c(O)c(O)c5c4C(=O)OC3C3OC(=O)c4c(c(O)c(O)c(O)c4-5)-c4cc(c(O)c(O)c4O)C(=O)OC4COC(=O)c5cc(O)c(O)c(O)c5-c5c(cc(O)c(O)c5O)C(=O)OC43)-c3c(cc(O)c(O)c3O)C(=O)OC2C2OC(=O)c3c(c(O)c(O)c(O)c3-c3c(O)c(O)c(O)c4c3C(=O)OC2C4O)-c2cc1c(O)c(O)c2O. The van der Waals surface area contributed by atoms with E-state index in [1.54, 1.807) is 0 Å². The standard InChI is InChI=1S/C82H50O51/c83-15-3-10-22(46(93)43(15)90)23-11(4-16(84)44(91)47(23)94)74(115)128-67-18(6-124-73(10)114)126-76(117)13-1-8(39(86)60(107)41(13)88)20-33-26(52(99)62(109)49(20)96)28-36-31(57(104)65(112)54(28)101)32(69(130-81(36)122)71(67)132-79(33)120)30-35-25(51(98)64(111)56(30)103)24-12(5-17(85)45(92)48(24)95)75(116)129-68-19(7-125-78(35)119)127-77(118)14-2-9(40(87)61(108)42(14)89)21-34-27(53(100)63(110)50(21)97)29-37-38(58(105)66(113)55(29)102)59(106)70(131-82(37)123)72(68)133-80(34)121/h1-5,18-19,32,59,67-72,83-113H,6-7H2. The lowest BCUT2D eigenvalue weighted by Crippen LogP contribution is -2.56. The number of carbonyl (C=O) groups is 10. The lowest BCUT2D eigenvalue weighted by atomic mass is 9.72. The predicted octanol–water partition coefficient (Wildman–Crippen LogP) is 3.05. The second-order valence-electron chi connectivity index (χ2n) is 30.3. The van der Waals surface area contributed by atoms with E-state index in [0.717, 1.165) is 0 Å². The van der Waals surface area contributed by atoms with Gasteiger partial charge in [0, 0.05) is 83.5 Å². The Kier molecular flexibility index (Phi) is 18.1. The number of ether oxygens (including phenoxy) is 10. The van der Waals surface area contributed by atoms with Gasteiger partial charge in [0.15, 0.2) is 164 Å². The normalized spacial score (nSPS) is 20.8. The minimum absolute atomic E-state index is 0.0506. The Bertz CT molecular complexity index is 7280. The van der Waals surface area contributed by atoms with Crippen LogP contribution in [0.5, 0.6) is 172 Å². The Morgan fingerprint density at radius 1 is 0.180 bits per heavy atom. The van der Waals surface area contributed by atoms with Crippen molar-refractivity contribution in [2.24, 2.45) is 0 Å². The van der Waals surface area contributed by atoms with Crippen LogP contribution < -0.4 is 0 Å². The lowest BCUT2D eigenvalue weighted by molar-refractivity contribution is -0.154. The minimum atomic E-state index is -3.68. The van der Waals surface area contributed by atoms with Crippen molar-refractivity contribution in [2.45, 2.75) is 60.9 Å². The van der Waals surface area contributed by atoms with Gasteiger partial charge < -0.3 is 206 Å². The molecule has 0 aromatic heterocycles. The Morgan fingerprint density at radius 3 is 0.820 bits per heavy atom. The molecule has 9 heterocycles. The molecule has 19 rings (SSSR count). The summed E-state index contributed by atoms with van der Waals surface area (Å²) < 4.78 is 58.4. The van der Waals surface area contributed by atoms with Gasteiger partial charge in [-0.25, -0.2) is 47.9 Å². The first-order valence-electron chi connectivity index (χ1n) is 37.2. The number of fused-ring (bicyclic) bond motifs is 22. The summed E-state index contributed by atoms with van der Waals surface area (Å²) in [6.45, 7) is -4.23. The van der Waals surface area contributed by atoms with Gasteiger partial charge in [0.2, 0.25) is 57.5 Å². The number of benzene rings is 10. The number of phenolic OH excluding ortho intramolecular Hbond substituents is 30. The fraction of sp³-hybridized carbons (Fsp3) is 0.146. The average molecular weight is 1850 g/mol. The number of hydrogen-bond donors (Lipinski definition) is 31. The third-order valence-corrected chi connectivity index (χ3v) is 23.5. The monoisotopic (exact) mass is 1850 g/mol. The first kappa shape index (κ1) is 84.7. The minimum Gasteiger partial charge on any atom is -0.504 e. The largest absolute Gasteiger partial charge is 0.504 e. The zero-order chi connectivity index (χ0) is 96.3. The molecule has 0 saturated heterocycles. The highest BCUT2D eigenvalue weighted by atomic mass is 16.7. The highest BCUT2D eigenvalue weighted by molar-refractivity contribution is 6.19. The highest BCUT2D eigenvalue weighted by Crippen LogP contribution is 2.68. The molecule has 31 N–H and O–H groups in total. The number of phenols is 30. The molecular weight excluding hydrogens is 1800 g/mol. The van der Waals surface area contributed by atoms with Crippen molar-refractivity contribution >= 4 is 59.7 Å². The first-order valence-corrected chi connectivity index (χ1v) is 37.2. The van der Waals surface area contributed by atoms with E-state index >= 15 is 38.4 Å². The molecule has 10 aromatic rings. The molecule has 133 heavy (non-hydrogen) atoms. The van der Waals surface area contributed by atoms with Crippen LogP contribution in [0, 0.1) is 0 Å². The number of hydrogen-bond acceptors (Lipinski definition) is 51. The van der Waals surface area contributed by atoms with Gasteiger partial charge in [-0.3, -0.25) is 0 Å². The van der Waals surface area contributed by atoms with Gasteiger partial charge in [0.25, 0.3) is 0 Å². The van der Waals surface area contributed by atoms with Crippen LogP contribution >= 0.6 is 0 Å². The van der Waals surface area contributed by atoms with E-state index < -0.39 is 445 Å². The number of aliphatic hydroxyl groups excluding tert-OH is 1. The number of carbonyl (C=O) groups excluding carboxylic acids is 10. The summed E-state index contributed by atoms with van der Waals surface area (Å²) in [4.78, 5) is 158. The number of rotatable bonds is 1. The van der Waals surface area contributed by atoms with E-state index in [-0.39, 0.29) is 30.3 Å². The number of esters is 10. The quantitative estimate of drug-likeness (QED) is 0.0638. The van der Waals surface area contributed by atoms with E-state index in [0.29, 0.717) is 0 Å². The predicted molar refractivity (Wildman–Crippen MR) is 409 cm³/mol. The van der Waals surface area contributed by atoms with Crippen LogP contribution in [0.1, 0.15) is 132 Å². The van der Waals surface area contributed by atoms with Gasteiger partial charge in [0.05, 0.1) is 50.4 Å².